The topological polar surface area (TPSA) is 70.4 Å². The summed E-state index contributed by atoms with van der Waals surface area (Å²) in [5.74, 6) is -3.74. The van der Waals surface area contributed by atoms with Crippen LogP contribution in [0.15, 0.2) is 48.5 Å². The second-order valence-corrected chi connectivity index (χ2v) is 5.41. The van der Waals surface area contributed by atoms with Gasteiger partial charge in [0.05, 0.1) is 18.1 Å². The first-order valence-electron chi connectivity index (χ1n) is 7.83. The number of anilines is 1. The molecular weight excluding hydrogens is 342 g/mol. The molecule has 0 radical (unpaired) electrons. The molecule has 0 aliphatic rings. The van der Waals surface area contributed by atoms with Crippen molar-refractivity contribution in [1.29, 1.82) is 5.26 Å². The van der Waals surface area contributed by atoms with Crippen LogP contribution in [0.5, 0.6) is 0 Å². The minimum atomic E-state index is -1.18. The van der Waals surface area contributed by atoms with Gasteiger partial charge >= 0.3 is 5.97 Å². The second-order valence-electron chi connectivity index (χ2n) is 5.41. The molecule has 0 spiro atoms. The van der Waals surface area contributed by atoms with Crippen molar-refractivity contribution in [3.05, 3.63) is 65.7 Å². The number of nitrogens with zero attached hydrogens (tertiary/aromatic N) is 2. The van der Waals surface area contributed by atoms with E-state index in [2.05, 4.69) is 0 Å². The molecule has 2 aromatic rings. The molecule has 0 heterocycles. The number of para-hydroxylation sites is 1. The number of ether oxygens (including phenoxy) is 1. The highest BCUT2D eigenvalue weighted by molar-refractivity contribution is 5.99. The first-order valence-corrected chi connectivity index (χ1v) is 7.83. The first kappa shape index (κ1) is 19.1. The number of carbonyl (C=O) groups is 2. The molecule has 134 valence electrons. The minimum absolute atomic E-state index is 0.102. The molecule has 0 fully saturated rings. The van der Waals surface area contributed by atoms with Crippen molar-refractivity contribution in [3.63, 3.8) is 0 Å². The van der Waals surface area contributed by atoms with Gasteiger partial charge in [0.15, 0.2) is 17.7 Å². The monoisotopic (exact) mass is 358 g/mol. The zero-order valence-electron chi connectivity index (χ0n) is 14.0. The average molecular weight is 358 g/mol. The molecular formula is C19H16F2N2O3. The van der Waals surface area contributed by atoms with Crippen LogP contribution in [0.3, 0.4) is 0 Å². The van der Waals surface area contributed by atoms with E-state index in [1.165, 1.54) is 11.8 Å². The Bertz CT molecular complexity index is 834. The van der Waals surface area contributed by atoms with Crippen molar-refractivity contribution in [1.82, 2.24) is 0 Å². The summed E-state index contributed by atoms with van der Waals surface area (Å²) in [6, 6.07) is 13.2. The SMILES string of the molecule is CC(OC(=O)c1ccc(F)c(F)c1)C(=O)N(CCC#N)c1ccccc1. The molecule has 0 aliphatic carbocycles. The van der Waals surface area contributed by atoms with Gasteiger partial charge in [-0.05, 0) is 37.3 Å². The highest BCUT2D eigenvalue weighted by Gasteiger charge is 2.25. The normalized spacial score (nSPS) is 11.3. The number of amides is 1. The van der Waals surface area contributed by atoms with Crippen LogP contribution in [0.2, 0.25) is 0 Å². The Morgan fingerprint density at radius 1 is 1.15 bits per heavy atom. The molecule has 0 N–H and O–H groups in total. The molecule has 1 amide bonds. The van der Waals surface area contributed by atoms with Crippen LogP contribution in [-0.2, 0) is 9.53 Å². The van der Waals surface area contributed by atoms with Crippen LogP contribution >= 0.6 is 0 Å². The van der Waals surface area contributed by atoms with Gasteiger partial charge in [0.2, 0.25) is 0 Å². The molecule has 26 heavy (non-hydrogen) atoms. The average Bonchev–Trinajstić information content (AvgIpc) is 2.64. The summed E-state index contributed by atoms with van der Waals surface area (Å²) in [7, 11) is 0. The third kappa shape index (κ3) is 4.63. The Kier molecular flexibility index (Phi) is 6.39. The lowest BCUT2D eigenvalue weighted by atomic mass is 10.2. The van der Waals surface area contributed by atoms with Gasteiger partial charge in [0, 0.05) is 12.2 Å². The van der Waals surface area contributed by atoms with Gasteiger partial charge < -0.3 is 9.64 Å². The van der Waals surface area contributed by atoms with Gasteiger partial charge in [-0.25, -0.2) is 13.6 Å². The Morgan fingerprint density at radius 3 is 2.46 bits per heavy atom. The van der Waals surface area contributed by atoms with Crippen LogP contribution in [0.25, 0.3) is 0 Å². The zero-order chi connectivity index (χ0) is 19.1. The Hall–Kier alpha value is -3.27. The molecule has 0 saturated heterocycles. The minimum Gasteiger partial charge on any atom is -0.449 e. The van der Waals surface area contributed by atoms with Crippen molar-refractivity contribution >= 4 is 17.6 Å². The highest BCUT2D eigenvalue weighted by atomic mass is 19.2. The Labute approximate surface area is 149 Å². The maximum atomic E-state index is 13.2. The van der Waals surface area contributed by atoms with E-state index in [9.17, 15) is 18.4 Å². The van der Waals surface area contributed by atoms with Gasteiger partial charge in [-0.15, -0.1) is 0 Å². The predicted octanol–water partition coefficient (Wildman–Crippen LogP) is 3.46. The summed E-state index contributed by atoms with van der Waals surface area (Å²) in [4.78, 5) is 26.0. The number of hydrogen-bond acceptors (Lipinski definition) is 4. The van der Waals surface area contributed by atoms with Crippen LogP contribution in [0.4, 0.5) is 14.5 Å². The molecule has 0 aromatic heterocycles. The summed E-state index contributed by atoms with van der Waals surface area (Å²) in [5, 5.41) is 8.79. The van der Waals surface area contributed by atoms with Gasteiger partial charge in [-0.2, -0.15) is 5.26 Å². The lowest BCUT2D eigenvalue weighted by molar-refractivity contribution is -0.126. The zero-order valence-corrected chi connectivity index (χ0v) is 14.0. The first-order chi connectivity index (χ1) is 12.4. The molecule has 2 aromatic carbocycles. The number of benzene rings is 2. The summed E-state index contributed by atoms with van der Waals surface area (Å²) in [6.07, 6.45) is -1.07. The lowest BCUT2D eigenvalue weighted by Gasteiger charge is -2.25. The van der Waals surface area contributed by atoms with E-state index in [1.54, 1.807) is 30.3 Å². The van der Waals surface area contributed by atoms with Crippen molar-refractivity contribution in [3.8, 4) is 6.07 Å². The standard InChI is InChI=1S/C19H16F2N2O3/c1-13(26-19(25)14-8-9-16(20)17(21)12-14)18(24)23(11-5-10-22)15-6-3-2-4-7-15/h2-4,6-9,12-13H,5,11H2,1H3. The van der Waals surface area contributed by atoms with Crippen LogP contribution < -0.4 is 4.90 Å². The molecule has 5 nitrogen and oxygen atoms in total. The van der Waals surface area contributed by atoms with E-state index in [0.717, 1.165) is 12.1 Å². The second kappa shape index (κ2) is 8.72. The van der Waals surface area contributed by atoms with Crippen molar-refractivity contribution in [2.24, 2.45) is 0 Å². The number of esters is 1. The van der Waals surface area contributed by atoms with Crippen molar-refractivity contribution < 1.29 is 23.1 Å². The summed E-state index contributed by atoms with van der Waals surface area (Å²) < 4.78 is 31.3. The molecule has 2 rings (SSSR count). The number of hydrogen-bond donors (Lipinski definition) is 0. The van der Waals surface area contributed by atoms with E-state index in [0.29, 0.717) is 11.8 Å². The fraction of sp³-hybridized carbons (Fsp3) is 0.211. The van der Waals surface area contributed by atoms with Gasteiger partial charge in [0.25, 0.3) is 5.91 Å². The van der Waals surface area contributed by atoms with Crippen LogP contribution in [0, 0.1) is 23.0 Å². The maximum Gasteiger partial charge on any atom is 0.339 e. The summed E-state index contributed by atoms with van der Waals surface area (Å²) >= 11 is 0. The number of halogens is 2. The smallest absolute Gasteiger partial charge is 0.339 e. The van der Waals surface area contributed by atoms with Crippen LogP contribution in [-0.4, -0.2) is 24.5 Å². The molecule has 1 atom stereocenters. The third-order valence-corrected chi connectivity index (χ3v) is 3.57. The number of rotatable bonds is 6. The quantitative estimate of drug-likeness (QED) is 0.742. The molecule has 0 bridgehead atoms. The van der Waals surface area contributed by atoms with E-state index in [-0.39, 0.29) is 18.5 Å². The molecule has 1 unspecified atom stereocenters. The summed E-state index contributed by atoms with van der Waals surface area (Å²) in [6.45, 7) is 1.51. The fourth-order valence-corrected chi connectivity index (χ4v) is 2.26. The third-order valence-electron chi connectivity index (χ3n) is 3.57. The van der Waals surface area contributed by atoms with E-state index < -0.39 is 29.6 Å². The van der Waals surface area contributed by atoms with Crippen molar-refractivity contribution in [2.75, 3.05) is 11.4 Å². The van der Waals surface area contributed by atoms with E-state index in [1.807, 2.05) is 6.07 Å². The lowest BCUT2D eigenvalue weighted by Crippen LogP contribution is -2.40. The fourth-order valence-electron chi connectivity index (χ4n) is 2.26. The highest BCUT2D eigenvalue weighted by Crippen LogP contribution is 2.17. The Morgan fingerprint density at radius 2 is 1.85 bits per heavy atom. The summed E-state index contributed by atoms with van der Waals surface area (Å²) in [5.41, 5.74) is 0.357. The van der Waals surface area contributed by atoms with Crippen LogP contribution in [0.1, 0.15) is 23.7 Å². The van der Waals surface area contributed by atoms with E-state index >= 15 is 0 Å². The van der Waals surface area contributed by atoms with Gasteiger partial charge in [-0.1, -0.05) is 18.2 Å². The Balaban J connectivity index is 2.13. The molecule has 7 heteroatoms. The predicted molar refractivity (Wildman–Crippen MR) is 90.3 cm³/mol. The van der Waals surface area contributed by atoms with Gasteiger partial charge in [-0.3, -0.25) is 4.79 Å². The van der Waals surface area contributed by atoms with Gasteiger partial charge in [0.1, 0.15) is 0 Å². The van der Waals surface area contributed by atoms with E-state index in [4.69, 9.17) is 10.00 Å². The molecule has 0 aliphatic heterocycles. The largest absolute Gasteiger partial charge is 0.449 e. The maximum absolute atomic E-state index is 13.2. The van der Waals surface area contributed by atoms with Crippen molar-refractivity contribution in [2.45, 2.75) is 19.4 Å². The number of nitriles is 1. The number of carbonyl (C=O) groups excluding carboxylic acids is 2. The molecule has 0 saturated carbocycles.